The summed E-state index contributed by atoms with van der Waals surface area (Å²) in [5.41, 5.74) is 0. The minimum atomic E-state index is -1.60. The molecule has 0 bridgehead atoms. The van der Waals surface area contributed by atoms with Gasteiger partial charge >= 0.3 is 7.87 Å². The average molecular weight is 434 g/mol. The van der Waals surface area contributed by atoms with Crippen molar-refractivity contribution in [3.05, 3.63) is 0 Å². The molecule has 0 aromatic carbocycles. The van der Waals surface area contributed by atoms with Crippen molar-refractivity contribution >= 4 is 7.87 Å². The normalized spacial score (nSPS) is 29.2. The van der Waals surface area contributed by atoms with Crippen LogP contribution in [0.1, 0.15) is 12.8 Å². The lowest BCUT2D eigenvalue weighted by Gasteiger charge is -2.54. The summed E-state index contributed by atoms with van der Waals surface area (Å²) in [5.74, 6) is 0. The molecule has 0 atom stereocenters. The van der Waals surface area contributed by atoms with Gasteiger partial charge in [0.25, 0.3) is 0 Å². The molecule has 0 aliphatic carbocycles. The Bertz CT molecular complexity index is 414. The molecule has 28 heavy (non-hydrogen) atoms. The van der Waals surface area contributed by atoms with Crippen LogP contribution < -0.4 is 12.4 Å². The standard InChI is InChI=1S/C19H41N7P.ClH/c1-20-8-14-24(15-9-20)27(23-6-4-5-7-23,25-16-10-21(2)11-17-25)26-18-12-22(3)13-19-26;/h4-19H2,1-3H3;1H/q+1;/p-1. The lowest BCUT2D eigenvalue weighted by Crippen LogP contribution is -3.00. The molecular weight excluding hydrogens is 393 g/mol. The van der Waals surface area contributed by atoms with E-state index in [-0.39, 0.29) is 12.4 Å². The Kier molecular flexibility index (Phi) is 8.39. The Balaban J connectivity index is 0.00000225. The van der Waals surface area contributed by atoms with Gasteiger partial charge in [-0.05, 0) is 34.0 Å². The largest absolute Gasteiger partial charge is 1.00 e. The topological polar surface area (TPSA) is 22.7 Å². The summed E-state index contributed by atoms with van der Waals surface area (Å²) < 4.78 is 11.9. The second-order valence-corrected chi connectivity index (χ2v) is 12.3. The first kappa shape index (κ1) is 23.1. The third kappa shape index (κ3) is 4.53. The highest BCUT2D eigenvalue weighted by Crippen LogP contribution is 2.71. The van der Waals surface area contributed by atoms with Crippen LogP contribution >= 0.6 is 7.87 Å². The maximum Gasteiger partial charge on any atom is 0.308 e. The van der Waals surface area contributed by atoms with Gasteiger partial charge in [-0.2, -0.15) is 0 Å². The predicted octanol–water partition coefficient (Wildman–Crippen LogP) is -2.49. The van der Waals surface area contributed by atoms with Crippen LogP contribution in [0.4, 0.5) is 0 Å². The van der Waals surface area contributed by atoms with Crippen LogP contribution in [0, 0.1) is 0 Å². The van der Waals surface area contributed by atoms with Crippen LogP contribution in [-0.4, -0.2) is 146 Å². The van der Waals surface area contributed by atoms with Gasteiger partial charge in [0.1, 0.15) is 0 Å². The van der Waals surface area contributed by atoms with Gasteiger partial charge in [-0.1, -0.05) is 0 Å². The molecule has 4 heterocycles. The van der Waals surface area contributed by atoms with Crippen LogP contribution in [0.15, 0.2) is 0 Å². The van der Waals surface area contributed by atoms with Crippen molar-refractivity contribution in [2.75, 3.05) is 113 Å². The van der Waals surface area contributed by atoms with Crippen LogP contribution in [0.25, 0.3) is 0 Å². The molecule has 0 saturated carbocycles. The second-order valence-electron chi connectivity index (χ2n) is 8.97. The summed E-state index contributed by atoms with van der Waals surface area (Å²) in [5, 5.41) is 0. The van der Waals surface area contributed by atoms with Crippen molar-refractivity contribution in [1.82, 2.24) is 33.4 Å². The molecular formula is C19H41ClN7P. The Labute approximate surface area is 179 Å². The highest BCUT2D eigenvalue weighted by molar-refractivity contribution is 7.66. The van der Waals surface area contributed by atoms with E-state index in [1.54, 1.807) is 0 Å². The van der Waals surface area contributed by atoms with Crippen molar-refractivity contribution in [1.29, 1.82) is 0 Å². The third-order valence-corrected chi connectivity index (χ3v) is 11.7. The minimum Gasteiger partial charge on any atom is -1.00 e. The van der Waals surface area contributed by atoms with E-state index < -0.39 is 7.87 Å². The van der Waals surface area contributed by atoms with E-state index in [1.165, 1.54) is 104 Å². The molecule has 0 radical (unpaired) electrons. The van der Waals surface area contributed by atoms with Gasteiger partial charge in [0.05, 0.1) is 39.3 Å². The van der Waals surface area contributed by atoms with Gasteiger partial charge in [-0.3, -0.25) is 0 Å². The highest BCUT2D eigenvalue weighted by Gasteiger charge is 2.62. The Morgan fingerprint density at radius 2 is 0.643 bits per heavy atom. The van der Waals surface area contributed by atoms with Gasteiger partial charge in [-0.15, -0.1) is 18.7 Å². The Hall–Kier alpha value is 0.440. The number of halogens is 1. The van der Waals surface area contributed by atoms with E-state index in [9.17, 15) is 0 Å². The number of hydrogen-bond donors (Lipinski definition) is 0. The van der Waals surface area contributed by atoms with E-state index in [1.807, 2.05) is 0 Å². The zero-order valence-electron chi connectivity index (χ0n) is 18.3. The summed E-state index contributed by atoms with van der Waals surface area (Å²) in [6.45, 7) is 17.3. The smallest absolute Gasteiger partial charge is 0.308 e. The molecule has 4 fully saturated rings. The fraction of sp³-hybridized carbons (Fsp3) is 1.00. The zero-order chi connectivity index (χ0) is 18.9. The number of nitrogens with zero attached hydrogens (tertiary/aromatic N) is 7. The maximum absolute atomic E-state index is 2.97. The van der Waals surface area contributed by atoms with Crippen LogP contribution in [0.2, 0.25) is 0 Å². The molecule has 4 aliphatic rings. The monoisotopic (exact) mass is 433 g/mol. The SMILES string of the molecule is CN1CCN([P+](N2CCCC2)(N2CCN(C)CC2)N2CCN(C)CC2)CC1.[Cl-]. The minimum absolute atomic E-state index is 0. The quantitative estimate of drug-likeness (QED) is 0.452. The van der Waals surface area contributed by atoms with Gasteiger partial charge in [0, 0.05) is 52.4 Å². The molecule has 0 aromatic heterocycles. The third-order valence-electron chi connectivity index (χ3n) is 7.04. The van der Waals surface area contributed by atoms with Gasteiger partial charge < -0.3 is 27.1 Å². The van der Waals surface area contributed by atoms with E-state index in [2.05, 4.69) is 54.5 Å². The molecule has 7 nitrogen and oxygen atoms in total. The summed E-state index contributed by atoms with van der Waals surface area (Å²) in [7, 11) is 5.28. The summed E-state index contributed by atoms with van der Waals surface area (Å²) >= 11 is 0. The summed E-state index contributed by atoms with van der Waals surface area (Å²) in [6, 6.07) is 0. The molecule has 4 aliphatic heterocycles. The summed E-state index contributed by atoms with van der Waals surface area (Å²) in [4.78, 5) is 7.55. The fourth-order valence-corrected chi connectivity index (χ4v) is 10.3. The molecule has 0 unspecified atom stereocenters. The molecule has 0 N–H and O–H groups in total. The van der Waals surface area contributed by atoms with Gasteiger partial charge in [0.15, 0.2) is 0 Å². The molecule has 0 spiro atoms. The Morgan fingerprint density at radius 3 is 0.929 bits per heavy atom. The van der Waals surface area contributed by atoms with Crippen molar-refractivity contribution in [3.8, 4) is 0 Å². The fourth-order valence-electron chi connectivity index (χ4n) is 5.23. The average Bonchev–Trinajstić information content (AvgIpc) is 3.21. The van der Waals surface area contributed by atoms with Crippen LogP contribution in [0.3, 0.4) is 0 Å². The molecule has 4 saturated heterocycles. The van der Waals surface area contributed by atoms with Crippen molar-refractivity contribution in [2.24, 2.45) is 0 Å². The lowest BCUT2D eigenvalue weighted by atomic mass is 10.4. The van der Waals surface area contributed by atoms with E-state index in [4.69, 9.17) is 0 Å². The number of likely N-dealkylation sites (N-methyl/N-ethyl adjacent to an activating group) is 3. The maximum atomic E-state index is 2.97. The predicted molar refractivity (Wildman–Crippen MR) is 115 cm³/mol. The van der Waals surface area contributed by atoms with E-state index in [0.29, 0.717) is 0 Å². The Morgan fingerprint density at radius 1 is 0.393 bits per heavy atom. The molecule has 0 aromatic rings. The van der Waals surface area contributed by atoms with Gasteiger partial charge in [0.2, 0.25) is 0 Å². The number of rotatable bonds is 4. The van der Waals surface area contributed by atoms with Crippen molar-refractivity contribution in [2.45, 2.75) is 12.8 Å². The first-order valence-electron chi connectivity index (χ1n) is 11.1. The molecule has 9 heteroatoms. The molecule has 4 rings (SSSR count). The zero-order valence-corrected chi connectivity index (χ0v) is 19.9. The number of piperazine rings is 3. The number of hydrogen-bond acceptors (Lipinski definition) is 7. The highest BCUT2D eigenvalue weighted by atomic mass is 35.5. The summed E-state index contributed by atoms with van der Waals surface area (Å²) in [6.07, 6.45) is 2.77. The van der Waals surface area contributed by atoms with Gasteiger partial charge in [-0.25, -0.2) is 0 Å². The van der Waals surface area contributed by atoms with Crippen LogP contribution in [-0.2, 0) is 0 Å². The second kappa shape index (κ2) is 10.2. The van der Waals surface area contributed by atoms with E-state index >= 15 is 0 Å². The van der Waals surface area contributed by atoms with E-state index in [0.717, 1.165) is 0 Å². The first-order valence-corrected chi connectivity index (χ1v) is 12.7. The molecule has 0 amide bonds. The van der Waals surface area contributed by atoms with Crippen LogP contribution in [0.5, 0.6) is 0 Å². The molecule has 164 valence electrons. The van der Waals surface area contributed by atoms with Crippen molar-refractivity contribution < 1.29 is 12.4 Å². The first-order chi connectivity index (χ1) is 13.1. The van der Waals surface area contributed by atoms with Crippen molar-refractivity contribution in [3.63, 3.8) is 0 Å². The lowest BCUT2D eigenvalue weighted by molar-refractivity contribution is -0.00000637.